The van der Waals surface area contributed by atoms with Crippen LogP contribution in [0.1, 0.15) is 32.1 Å². The molecule has 1 unspecified atom stereocenters. The number of anilines is 1. The minimum Gasteiger partial charge on any atom is -0.328 e. The van der Waals surface area contributed by atoms with E-state index < -0.39 is 0 Å². The number of hydrogen-bond donors (Lipinski definition) is 2. The third-order valence-electron chi connectivity index (χ3n) is 3.66. The van der Waals surface area contributed by atoms with Gasteiger partial charge in [-0.1, -0.05) is 13.8 Å². The number of aromatic nitrogens is 4. The van der Waals surface area contributed by atoms with Gasteiger partial charge in [0.15, 0.2) is 0 Å². The van der Waals surface area contributed by atoms with Crippen molar-refractivity contribution in [1.82, 2.24) is 25.1 Å². The van der Waals surface area contributed by atoms with Gasteiger partial charge in [-0.05, 0) is 30.5 Å². The van der Waals surface area contributed by atoms with Gasteiger partial charge < -0.3 is 10.6 Å². The van der Waals surface area contributed by atoms with Gasteiger partial charge in [-0.15, -0.1) is 11.3 Å². The number of rotatable bonds is 5. The molecule has 24 heavy (non-hydrogen) atoms. The molecule has 7 nitrogen and oxygen atoms in total. The average molecular weight is 344 g/mol. The van der Waals surface area contributed by atoms with E-state index >= 15 is 0 Å². The summed E-state index contributed by atoms with van der Waals surface area (Å²) in [5, 5.41) is 9.95. The van der Waals surface area contributed by atoms with Crippen molar-refractivity contribution < 1.29 is 4.79 Å². The molecule has 1 aromatic carbocycles. The lowest BCUT2D eigenvalue weighted by atomic mass is 10.0. The largest absolute Gasteiger partial charge is 0.328 e. The molecule has 0 saturated heterocycles. The Morgan fingerprint density at radius 1 is 1.33 bits per heavy atom. The summed E-state index contributed by atoms with van der Waals surface area (Å²) < 4.78 is 2.78. The highest BCUT2D eigenvalue weighted by Crippen LogP contribution is 2.22. The molecule has 0 fully saturated rings. The smallest absolute Gasteiger partial charge is 0.319 e. The van der Waals surface area contributed by atoms with Gasteiger partial charge in [0.05, 0.1) is 21.8 Å². The van der Waals surface area contributed by atoms with Crippen LogP contribution in [0.25, 0.3) is 10.2 Å². The highest BCUT2D eigenvalue weighted by atomic mass is 32.1. The maximum atomic E-state index is 12.4. The first kappa shape index (κ1) is 16.4. The van der Waals surface area contributed by atoms with E-state index in [2.05, 4.69) is 39.5 Å². The minimum atomic E-state index is -0.266. The molecule has 2 heterocycles. The molecule has 0 aliphatic carbocycles. The summed E-state index contributed by atoms with van der Waals surface area (Å²) in [6, 6.07) is 5.24. The first-order valence-corrected chi connectivity index (χ1v) is 8.65. The molecule has 0 saturated carbocycles. The second-order valence-electron chi connectivity index (χ2n) is 6.06. The molecule has 3 rings (SSSR count). The van der Waals surface area contributed by atoms with E-state index in [0.29, 0.717) is 11.6 Å². The SMILES string of the molecule is CC(C)CC(NC(=O)Nc1ccc2scnc2c1)c1ncnn1C. The number of hydrogen-bond acceptors (Lipinski definition) is 5. The van der Waals surface area contributed by atoms with E-state index in [-0.39, 0.29) is 12.1 Å². The Morgan fingerprint density at radius 3 is 2.88 bits per heavy atom. The highest BCUT2D eigenvalue weighted by molar-refractivity contribution is 7.16. The monoisotopic (exact) mass is 344 g/mol. The summed E-state index contributed by atoms with van der Waals surface area (Å²) >= 11 is 1.57. The minimum absolute atomic E-state index is 0.194. The number of fused-ring (bicyclic) bond motifs is 1. The van der Waals surface area contributed by atoms with E-state index in [4.69, 9.17) is 0 Å². The molecule has 0 spiro atoms. The Hall–Kier alpha value is -2.48. The van der Waals surface area contributed by atoms with Gasteiger partial charge in [-0.25, -0.2) is 14.8 Å². The number of thiazole rings is 1. The van der Waals surface area contributed by atoms with Crippen molar-refractivity contribution in [2.24, 2.45) is 13.0 Å². The predicted molar refractivity (Wildman–Crippen MR) is 95.0 cm³/mol. The van der Waals surface area contributed by atoms with Crippen LogP contribution in [0.4, 0.5) is 10.5 Å². The fraction of sp³-hybridized carbons (Fsp3) is 0.375. The molecule has 1 atom stereocenters. The summed E-state index contributed by atoms with van der Waals surface area (Å²) in [6.07, 6.45) is 2.28. The third-order valence-corrected chi connectivity index (χ3v) is 4.47. The summed E-state index contributed by atoms with van der Waals surface area (Å²) in [7, 11) is 1.82. The molecule has 0 aliphatic heterocycles. The van der Waals surface area contributed by atoms with E-state index in [1.54, 1.807) is 21.5 Å². The molecular formula is C16H20N6OS. The summed E-state index contributed by atoms with van der Waals surface area (Å²) in [6.45, 7) is 4.22. The average Bonchev–Trinajstić information content (AvgIpc) is 3.14. The maximum Gasteiger partial charge on any atom is 0.319 e. The quantitative estimate of drug-likeness (QED) is 0.743. The third kappa shape index (κ3) is 3.70. The van der Waals surface area contributed by atoms with E-state index in [9.17, 15) is 4.79 Å². The zero-order chi connectivity index (χ0) is 17.1. The number of carbonyl (C=O) groups excluding carboxylic acids is 1. The van der Waals surface area contributed by atoms with Crippen molar-refractivity contribution in [1.29, 1.82) is 0 Å². The lowest BCUT2D eigenvalue weighted by Crippen LogP contribution is -2.34. The van der Waals surface area contributed by atoms with Gasteiger partial charge in [0.25, 0.3) is 0 Å². The highest BCUT2D eigenvalue weighted by Gasteiger charge is 2.20. The van der Waals surface area contributed by atoms with Gasteiger partial charge in [-0.2, -0.15) is 5.10 Å². The van der Waals surface area contributed by atoms with Crippen LogP contribution in [0.3, 0.4) is 0 Å². The van der Waals surface area contributed by atoms with Crippen molar-refractivity contribution in [2.45, 2.75) is 26.3 Å². The van der Waals surface area contributed by atoms with Crippen LogP contribution in [0.2, 0.25) is 0 Å². The summed E-state index contributed by atoms with van der Waals surface area (Å²) in [5.74, 6) is 1.16. The van der Waals surface area contributed by atoms with Crippen LogP contribution >= 0.6 is 11.3 Å². The van der Waals surface area contributed by atoms with Crippen molar-refractivity contribution in [2.75, 3.05) is 5.32 Å². The zero-order valence-corrected chi connectivity index (χ0v) is 14.7. The van der Waals surface area contributed by atoms with Crippen molar-refractivity contribution >= 4 is 33.3 Å². The second kappa shape index (κ2) is 6.96. The first-order chi connectivity index (χ1) is 11.5. The van der Waals surface area contributed by atoms with Crippen LogP contribution in [0.5, 0.6) is 0 Å². The fourth-order valence-corrected chi connectivity index (χ4v) is 3.24. The first-order valence-electron chi connectivity index (χ1n) is 7.77. The Balaban J connectivity index is 1.71. The molecule has 2 N–H and O–H groups in total. The maximum absolute atomic E-state index is 12.4. The lowest BCUT2D eigenvalue weighted by molar-refractivity contribution is 0.245. The molecule has 0 aliphatic rings. The molecule has 0 bridgehead atoms. The summed E-state index contributed by atoms with van der Waals surface area (Å²) in [4.78, 5) is 20.9. The number of carbonyl (C=O) groups is 1. The van der Waals surface area contributed by atoms with Gasteiger partial charge in [0, 0.05) is 12.7 Å². The lowest BCUT2D eigenvalue weighted by Gasteiger charge is -2.20. The number of amides is 2. The van der Waals surface area contributed by atoms with E-state index in [1.807, 2.05) is 25.2 Å². The number of urea groups is 1. The van der Waals surface area contributed by atoms with Crippen molar-refractivity contribution in [3.63, 3.8) is 0 Å². The molecule has 126 valence electrons. The van der Waals surface area contributed by atoms with Crippen molar-refractivity contribution in [3.8, 4) is 0 Å². The molecule has 2 amide bonds. The Morgan fingerprint density at radius 2 is 2.17 bits per heavy atom. The molecular weight excluding hydrogens is 324 g/mol. The normalized spacial score (nSPS) is 12.5. The molecule has 3 aromatic rings. The van der Waals surface area contributed by atoms with Crippen LogP contribution in [-0.2, 0) is 7.05 Å². The Kier molecular flexibility index (Phi) is 4.75. The number of nitrogens with zero attached hydrogens (tertiary/aromatic N) is 4. The topological polar surface area (TPSA) is 84.7 Å². The molecule has 8 heteroatoms. The number of nitrogens with one attached hydrogen (secondary N) is 2. The van der Waals surface area contributed by atoms with Gasteiger partial charge in [0.2, 0.25) is 0 Å². The van der Waals surface area contributed by atoms with Crippen molar-refractivity contribution in [3.05, 3.63) is 35.9 Å². The van der Waals surface area contributed by atoms with E-state index in [0.717, 1.165) is 22.5 Å². The standard InChI is InChI=1S/C16H20N6OS/c1-10(2)6-13(15-17-8-19-22(15)3)21-16(23)20-11-4-5-14-12(7-11)18-9-24-14/h4-5,7-10,13H,6H2,1-3H3,(H2,20,21,23). The van der Waals surface area contributed by atoms with Gasteiger partial charge in [-0.3, -0.25) is 4.68 Å². The van der Waals surface area contributed by atoms with Gasteiger partial charge >= 0.3 is 6.03 Å². The van der Waals surface area contributed by atoms with Crippen LogP contribution < -0.4 is 10.6 Å². The molecule has 2 aromatic heterocycles. The number of aryl methyl sites for hydroxylation is 1. The Bertz CT molecular complexity index is 840. The fourth-order valence-electron chi connectivity index (χ4n) is 2.58. The van der Waals surface area contributed by atoms with Gasteiger partial charge in [0.1, 0.15) is 12.2 Å². The summed E-state index contributed by atoms with van der Waals surface area (Å²) in [5.41, 5.74) is 3.39. The molecule has 0 radical (unpaired) electrons. The van der Waals surface area contributed by atoms with Crippen LogP contribution in [0, 0.1) is 5.92 Å². The zero-order valence-electron chi connectivity index (χ0n) is 13.9. The second-order valence-corrected chi connectivity index (χ2v) is 6.94. The van der Waals surface area contributed by atoms with Crippen LogP contribution in [0.15, 0.2) is 30.0 Å². The Labute approximate surface area is 144 Å². The predicted octanol–water partition coefficient (Wildman–Crippen LogP) is 3.33. The van der Waals surface area contributed by atoms with Crippen LogP contribution in [-0.4, -0.2) is 25.8 Å². The van der Waals surface area contributed by atoms with E-state index in [1.165, 1.54) is 6.33 Å². The number of benzene rings is 1.